The van der Waals surface area contributed by atoms with Gasteiger partial charge in [0.25, 0.3) is 5.56 Å². The zero-order valence-corrected chi connectivity index (χ0v) is 12.9. The molecule has 0 unspecified atom stereocenters. The second-order valence-corrected chi connectivity index (χ2v) is 6.24. The van der Waals surface area contributed by atoms with Crippen LogP contribution in [0, 0.1) is 13.8 Å². The van der Waals surface area contributed by atoms with E-state index in [2.05, 4.69) is 13.8 Å². The highest BCUT2D eigenvalue weighted by Crippen LogP contribution is 2.27. The predicted molar refractivity (Wildman–Crippen MR) is 79.3 cm³/mol. The first-order chi connectivity index (χ1) is 8.97. The summed E-state index contributed by atoms with van der Waals surface area (Å²) >= 11 is 1.60. The van der Waals surface area contributed by atoms with Crippen LogP contribution in [0.3, 0.4) is 0 Å². The van der Waals surface area contributed by atoms with Crippen molar-refractivity contribution in [1.82, 2.24) is 9.55 Å². The maximum Gasteiger partial charge on any atom is 0.262 e. The molecule has 0 saturated carbocycles. The van der Waals surface area contributed by atoms with Gasteiger partial charge in [-0.05, 0) is 19.4 Å². The maximum atomic E-state index is 12.7. The van der Waals surface area contributed by atoms with Crippen molar-refractivity contribution in [3.8, 4) is 0 Å². The van der Waals surface area contributed by atoms with Crippen LogP contribution in [0.1, 0.15) is 36.0 Å². The number of fused-ring (bicyclic) bond motifs is 1. The molecule has 0 aliphatic carbocycles. The molecule has 5 heteroatoms. The first-order valence-electron chi connectivity index (χ1n) is 6.46. The summed E-state index contributed by atoms with van der Waals surface area (Å²) in [6, 6.07) is 0. The molecule has 0 radical (unpaired) electrons. The summed E-state index contributed by atoms with van der Waals surface area (Å²) in [4.78, 5) is 19.4. The molecule has 0 saturated heterocycles. The molecule has 0 spiro atoms. The molecule has 2 heterocycles. The van der Waals surface area contributed by atoms with Crippen molar-refractivity contribution >= 4 is 21.6 Å². The number of methoxy groups -OCH3 is 1. The van der Waals surface area contributed by atoms with Gasteiger partial charge in [0, 0.05) is 17.9 Å². The Kier molecular flexibility index (Phi) is 4.06. The molecular weight excluding hydrogens is 260 g/mol. The SMILES string of the molecule is COCCn1c(C(C)C)nc2sc(C)c(C)c2c1=O. The van der Waals surface area contributed by atoms with E-state index in [9.17, 15) is 4.79 Å². The highest BCUT2D eigenvalue weighted by atomic mass is 32.1. The normalized spacial score (nSPS) is 11.7. The van der Waals surface area contributed by atoms with Crippen LogP contribution in [0.5, 0.6) is 0 Å². The van der Waals surface area contributed by atoms with Crippen LogP contribution in [0.2, 0.25) is 0 Å². The van der Waals surface area contributed by atoms with Gasteiger partial charge in [-0.15, -0.1) is 11.3 Å². The maximum absolute atomic E-state index is 12.7. The van der Waals surface area contributed by atoms with Crippen molar-refractivity contribution in [3.63, 3.8) is 0 Å². The predicted octanol–water partition coefficient (Wildman–Crippen LogP) is 2.84. The van der Waals surface area contributed by atoms with E-state index < -0.39 is 0 Å². The fourth-order valence-corrected chi connectivity index (χ4v) is 3.21. The molecule has 0 bridgehead atoms. The number of ether oxygens (including phenoxy) is 1. The molecule has 0 amide bonds. The Morgan fingerprint density at radius 1 is 1.37 bits per heavy atom. The van der Waals surface area contributed by atoms with Crippen molar-refractivity contribution in [2.45, 2.75) is 40.2 Å². The highest BCUT2D eigenvalue weighted by Gasteiger charge is 2.17. The van der Waals surface area contributed by atoms with Gasteiger partial charge in [-0.25, -0.2) is 4.98 Å². The Bertz CT molecular complexity index is 655. The third kappa shape index (κ3) is 2.44. The average molecular weight is 280 g/mol. The summed E-state index contributed by atoms with van der Waals surface area (Å²) in [5.74, 6) is 1.06. The largest absolute Gasteiger partial charge is 0.383 e. The van der Waals surface area contributed by atoms with E-state index in [1.165, 1.54) is 4.88 Å². The minimum absolute atomic E-state index is 0.0626. The van der Waals surface area contributed by atoms with Crippen molar-refractivity contribution in [2.24, 2.45) is 0 Å². The molecule has 19 heavy (non-hydrogen) atoms. The van der Waals surface area contributed by atoms with Crippen molar-refractivity contribution in [3.05, 3.63) is 26.6 Å². The standard InChI is InChI=1S/C14H20N2O2S/c1-8(2)12-15-13-11(9(3)10(4)19-13)14(17)16(12)6-7-18-5/h8H,6-7H2,1-5H3. The topological polar surface area (TPSA) is 44.1 Å². The Morgan fingerprint density at radius 2 is 2.05 bits per heavy atom. The van der Waals surface area contributed by atoms with Gasteiger partial charge >= 0.3 is 0 Å². The van der Waals surface area contributed by atoms with Crippen LogP contribution < -0.4 is 5.56 Å². The summed E-state index contributed by atoms with van der Waals surface area (Å²) in [6.07, 6.45) is 0. The van der Waals surface area contributed by atoms with Gasteiger partial charge in [0.2, 0.25) is 0 Å². The van der Waals surface area contributed by atoms with Crippen LogP contribution in [0.4, 0.5) is 0 Å². The fraction of sp³-hybridized carbons (Fsp3) is 0.571. The number of hydrogen-bond donors (Lipinski definition) is 0. The van der Waals surface area contributed by atoms with E-state index in [0.717, 1.165) is 21.6 Å². The zero-order chi connectivity index (χ0) is 14.2. The highest BCUT2D eigenvalue weighted by molar-refractivity contribution is 7.18. The van der Waals surface area contributed by atoms with E-state index in [0.29, 0.717) is 13.2 Å². The van der Waals surface area contributed by atoms with Gasteiger partial charge in [0.1, 0.15) is 10.7 Å². The van der Waals surface area contributed by atoms with E-state index in [1.807, 2.05) is 13.8 Å². The Hall–Kier alpha value is -1.20. The Morgan fingerprint density at radius 3 is 2.63 bits per heavy atom. The lowest BCUT2D eigenvalue weighted by atomic mass is 10.1. The van der Waals surface area contributed by atoms with Crippen molar-refractivity contribution in [2.75, 3.05) is 13.7 Å². The van der Waals surface area contributed by atoms with E-state index in [1.54, 1.807) is 23.0 Å². The summed E-state index contributed by atoms with van der Waals surface area (Å²) in [5.41, 5.74) is 1.12. The minimum Gasteiger partial charge on any atom is -0.383 e. The van der Waals surface area contributed by atoms with E-state index in [-0.39, 0.29) is 11.5 Å². The molecule has 0 fully saturated rings. The third-order valence-electron chi connectivity index (χ3n) is 3.35. The molecule has 2 rings (SSSR count). The summed E-state index contributed by atoms with van der Waals surface area (Å²) in [6.45, 7) is 9.23. The molecule has 0 atom stereocenters. The molecule has 0 aromatic carbocycles. The van der Waals surface area contributed by atoms with Gasteiger partial charge in [0.15, 0.2) is 0 Å². The van der Waals surface area contributed by atoms with Crippen molar-refractivity contribution < 1.29 is 4.74 Å². The lowest BCUT2D eigenvalue weighted by molar-refractivity contribution is 0.184. The number of aryl methyl sites for hydroxylation is 2. The first-order valence-corrected chi connectivity index (χ1v) is 7.28. The van der Waals surface area contributed by atoms with Crippen molar-refractivity contribution in [1.29, 1.82) is 0 Å². The molecule has 2 aromatic rings. The van der Waals surface area contributed by atoms with E-state index in [4.69, 9.17) is 9.72 Å². The summed E-state index contributed by atoms with van der Waals surface area (Å²) < 4.78 is 6.86. The fourth-order valence-electron chi connectivity index (χ4n) is 2.18. The average Bonchev–Trinajstić information content (AvgIpc) is 2.64. The molecule has 0 aliphatic heterocycles. The Balaban J connectivity index is 2.75. The number of rotatable bonds is 4. The quantitative estimate of drug-likeness (QED) is 0.865. The molecule has 0 N–H and O–H groups in total. The lowest BCUT2D eigenvalue weighted by Gasteiger charge is -2.14. The Labute approximate surface area is 117 Å². The van der Waals surface area contributed by atoms with Gasteiger partial charge in [-0.1, -0.05) is 13.8 Å². The smallest absolute Gasteiger partial charge is 0.262 e. The van der Waals surface area contributed by atoms with Crippen LogP contribution in [0.25, 0.3) is 10.2 Å². The van der Waals surface area contributed by atoms with Crippen LogP contribution >= 0.6 is 11.3 Å². The number of hydrogen-bond acceptors (Lipinski definition) is 4. The van der Waals surface area contributed by atoms with Gasteiger partial charge in [-0.3, -0.25) is 9.36 Å². The molecule has 2 aromatic heterocycles. The number of nitrogens with zero attached hydrogens (tertiary/aromatic N) is 2. The third-order valence-corrected chi connectivity index (χ3v) is 4.45. The molecule has 0 aliphatic rings. The second kappa shape index (κ2) is 5.43. The van der Waals surface area contributed by atoms with Gasteiger partial charge in [-0.2, -0.15) is 0 Å². The van der Waals surface area contributed by atoms with Gasteiger partial charge in [0.05, 0.1) is 18.5 Å². The summed E-state index contributed by atoms with van der Waals surface area (Å²) in [5, 5.41) is 0.767. The number of thiophene rings is 1. The number of aromatic nitrogens is 2. The van der Waals surface area contributed by atoms with Gasteiger partial charge < -0.3 is 4.74 Å². The van der Waals surface area contributed by atoms with Crippen LogP contribution in [-0.2, 0) is 11.3 Å². The minimum atomic E-state index is 0.0626. The molecule has 4 nitrogen and oxygen atoms in total. The molecule has 104 valence electrons. The lowest BCUT2D eigenvalue weighted by Crippen LogP contribution is -2.27. The zero-order valence-electron chi connectivity index (χ0n) is 12.1. The summed E-state index contributed by atoms with van der Waals surface area (Å²) in [7, 11) is 1.64. The van der Waals surface area contributed by atoms with Crippen LogP contribution in [0.15, 0.2) is 4.79 Å². The first kappa shape index (κ1) is 14.2. The second-order valence-electron chi connectivity index (χ2n) is 5.04. The van der Waals surface area contributed by atoms with Crippen LogP contribution in [-0.4, -0.2) is 23.3 Å². The molecular formula is C14H20N2O2S. The monoisotopic (exact) mass is 280 g/mol. The van der Waals surface area contributed by atoms with E-state index >= 15 is 0 Å².